The van der Waals surface area contributed by atoms with Gasteiger partial charge in [0, 0.05) is 13.1 Å². The van der Waals surface area contributed by atoms with Crippen LogP contribution in [0.4, 0.5) is 4.79 Å². The molecule has 0 radical (unpaired) electrons. The Morgan fingerprint density at radius 2 is 2.05 bits per heavy atom. The van der Waals surface area contributed by atoms with Gasteiger partial charge in [-0.15, -0.1) is 0 Å². The van der Waals surface area contributed by atoms with Crippen molar-refractivity contribution in [2.24, 2.45) is 0 Å². The molecule has 1 fully saturated rings. The Bertz CT molecular complexity index is 420. The number of hydrogen-bond acceptors (Lipinski definition) is 4. The van der Waals surface area contributed by atoms with Gasteiger partial charge in [-0.25, -0.2) is 4.79 Å². The van der Waals surface area contributed by atoms with E-state index in [9.17, 15) is 9.59 Å². The van der Waals surface area contributed by atoms with Gasteiger partial charge in [-0.1, -0.05) is 6.58 Å². The van der Waals surface area contributed by atoms with Crippen LogP contribution in [0.5, 0.6) is 0 Å². The van der Waals surface area contributed by atoms with Crippen LogP contribution in [0, 0.1) is 11.3 Å². The minimum atomic E-state index is -0.660. The molecule has 1 heterocycles. The molecular weight excluding hydrogens is 246 g/mol. The molecule has 0 aromatic carbocycles. The average molecular weight is 265 g/mol. The maximum Gasteiger partial charge on any atom is 0.410 e. The lowest BCUT2D eigenvalue weighted by Crippen LogP contribution is -2.56. The number of ether oxygens (including phenoxy) is 1. The second-order valence-corrected chi connectivity index (χ2v) is 5.31. The molecule has 1 aliphatic heterocycles. The predicted molar refractivity (Wildman–Crippen MR) is 69.1 cm³/mol. The third-order valence-electron chi connectivity index (χ3n) is 2.64. The Hall–Kier alpha value is -2.03. The minimum Gasteiger partial charge on any atom is -0.444 e. The maximum atomic E-state index is 11.9. The second-order valence-electron chi connectivity index (χ2n) is 5.31. The van der Waals surface area contributed by atoms with Crippen LogP contribution in [0.15, 0.2) is 12.7 Å². The number of nitrogens with zero attached hydrogens (tertiary/aromatic N) is 3. The molecule has 2 amide bonds. The van der Waals surface area contributed by atoms with Crippen LogP contribution in [0.25, 0.3) is 0 Å². The summed E-state index contributed by atoms with van der Waals surface area (Å²) in [6.07, 6.45) is 0.714. The number of rotatable bonds is 1. The first-order valence-corrected chi connectivity index (χ1v) is 6.09. The van der Waals surface area contributed by atoms with E-state index in [4.69, 9.17) is 10.00 Å². The highest BCUT2D eigenvalue weighted by Gasteiger charge is 2.33. The molecule has 6 nitrogen and oxygen atoms in total. The van der Waals surface area contributed by atoms with Crippen molar-refractivity contribution >= 4 is 12.0 Å². The molecule has 0 unspecified atom stereocenters. The van der Waals surface area contributed by atoms with Gasteiger partial charge in [-0.2, -0.15) is 5.26 Å². The summed E-state index contributed by atoms with van der Waals surface area (Å²) in [6, 6.07) is 1.36. The van der Waals surface area contributed by atoms with Crippen molar-refractivity contribution in [2.75, 3.05) is 19.6 Å². The lowest BCUT2D eigenvalue weighted by molar-refractivity contribution is -0.129. The summed E-state index contributed by atoms with van der Waals surface area (Å²) in [5, 5.41) is 9.08. The van der Waals surface area contributed by atoms with Crippen LogP contribution in [-0.4, -0.2) is 53.1 Å². The summed E-state index contributed by atoms with van der Waals surface area (Å²) >= 11 is 0. The lowest BCUT2D eigenvalue weighted by Gasteiger charge is -2.38. The van der Waals surface area contributed by atoms with Crippen molar-refractivity contribution in [2.45, 2.75) is 32.4 Å². The van der Waals surface area contributed by atoms with Crippen molar-refractivity contribution in [1.82, 2.24) is 9.80 Å². The monoisotopic (exact) mass is 265 g/mol. The first-order chi connectivity index (χ1) is 8.78. The zero-order chi connectivity index (χ0) is 14.6. The van der Waals surface area contributed by atoms with E-state index in [0.717, 1.165) is 0 Å². The van der Waals surface area contributed by atoms with E-state index in [2.05, 4.69) is 6.58 Å². The van der Waals surface area contributed by atoms with Gasteiger partial charge in [0.15, 0.2) is 0 Å². The van der Waals surface area contributed by atoms with E-state index in [1.807, 2.05) is 6.07 Å². The number of nitriles is 1. The highest BCUT2D eigenvalue weighted by Crippen LogP contribution is 2.15. The molecule has 1 atom stereocenters. The van der Waals surface area contributed by atoms with Crippen molar-refractivity contribution in [3.8, 4) is 6.07 Å². The normalized spacial score (nSPS) is 19.6. The Morgan fingerprint density at radius 1 is 1.42 bits per heavy atom. The quantitative estimate of drug-likeness (QED) is 0.666. The first-order valence-electron chi connectivity index (χ1n) is 6.09. The third kappa shape index (κ3) is 3.98. The molecule has 19 heavy (non-hydrogen) atoms. The molecule has 6 heteroatoms. The lowest BCUT2D eigenvalue weighted by atomic mass is 10.2. The molecular formula is C13H19N3O3. The fourth-order valence-electron chi connectivity index (χ4n) is 1.77. The smallest absolute Gasteiger partial charge is 0.410 e. The Kier molecular flexibility index (Phi) is 4.54. The van der Waals surface area contributed by atoms with Crippen molar-refractivity contribution < 1.29 is 14.3 Å². The fraction of sp³-hybridized carbons (Fsp3) is 0.615. The Balaban J connectivity index is 2.70. The molecule has 0 saturated carbocycles. The van der Waals surface area contributed by atoms with Crippen LogP contribution >= 0.6 is 0 Å². The second kappa shape index (κ2) is 5.74. The van der Waals surface area contributed by atoms with E-state index >= 15 is 0 Å². The summed E-state index contributed by atoms with van der Waals surface area (Å²) < 4.78 is 5.25. The molecule has 1 aliphatic rings. The zero-order valence-corrected chi connectivity index (χ0v) is 11.5. The van der Waals surface area contributed by atoms with Crippen LogP contribution in [0.3, 0.4) is 0 Å². The molecule has 1 saturated heterocycles. The fourth-order valence-corrected chi connectivity index (χ4v) is 1.77. The topological polar surface area (TPSA) is 73.6 Å². The van der Waals surface area contributed by atoms with E-state index < -0.39 is 17.7 Å². The number of carbonyl (C=O) groups excluding carboxylic acids is 2. The van der Waals surface area contributed by atoms with Crippen LogP contribution in [-0.2, 0) is 9.53 Å². The van der Waals surface area contributed by atoms with Crippen LogP contribution in [0.1, 0.15) is 20.8 Å². The largest absolute Gasteiger partial charge is 0.444 e. The van der Waals surface area contributed by atoms with E-state index in [-0.39, 0.29) is 12.5 Å². The SMILES string of the molecule is C=CC(=O)N1CCN(C(=O)OC(C)(C)C)C[C@H]1C#N. The van der Waals surface area contributed by atoms with Gasteiger partial charge in [0.05, 0.1) is 12.6 Å². The average Bonchev–Trinajstić information content (AvgIpc) is 2.35. The Morgan fingerprint density at radius 3 is 2.53 bits per heavy atom. The number of hydrogen-bond donors (Lipinski definition) is 0. The van der Waals surface area contributed by atoms with E-state index in [1.165, 1.54) is 15.9 Å². The Labute approximate surface area is 113 Å². The van der Waals surface area contributed by atoms with Crippen molar-refractivity contribution in [3.63, 3.8) is 0 Å². The van der Waals surface area contributed by atoms with E-state index in [0.29, 0.717) is 13.1 Å². The standard InChI is InChI=1S/C13H19N3O3/c1-5-11(17)16-7-6-15(9-10(16)8-14)12(18)19-13(2,3)4/h5,10H,1,6-7,9H2,2-4H3/t10-/m1/s1. The molecule has 1 rings (SSSR count). The van der Waals surface area contributed by atoms with Crippen molar-refractivity contribution in [1.29, 1.82) is 5.26 Å². The molecule has 0 bridgehead atoms. The van der Waals surface area contributed by atoms with Gasteiger partial charge < -0.3 is 14.5 Å². The number of piperazine rings is 1. The molecule has 0 N–H and O–H groups in total. The summed E-state index contributed by atoms with van der Waals surface area (Å²) in [7, 11) is 0. The van der Waals surface area contributed by atoms with Gasteiger partial charge in [0.2, 0.25) is 5.91 Å². The zero-order valence-electron chi connectivity index (χ0n) is 11.5. The van der Waals surface area contributed by atoms with Gasteiger partial charge in [-0.3, -0.25) is 4.79 Å². The molecule has 104 valence electrons. The number of amides is 2. The van der Waals surface area contributed by atoms with Gasteiger partial charge >= 0.3 is 6.09 Å². The summed E-state index contributed by atoms with van der Waals surface area (Å²) in [6.45, 7) is 9.57. The predicted octanol–water partition coefficient (Wildman–Crippen LogP) is 1.14. The summed E-state index contributed by atoms with van der Waals surface area (Å²) in [5.41, 5.74) is -0.576. The highest BCUT2D eigenvalue weighted by atomic mass is 16.6. The van der Waals surface area contributed by atoms with Gasteiger partial charge in [0.25, 0.3) is 0 Å². The molecule has 0 spiro atoms. The van der Waals surface area contributed by atoms with Gasteiger partial charge in [-0.05, 0) is 26.8 Å². The third-order valence-corrected chi connectivity index (χ3v) is 2.64. The highest BCUT2D eigenvalue weighted by molar-refractivity contribution is 5.87. The van der Waals surface area contributed by atoms with Crippen LogP contribution in [0.2, 0.25) is 0 Å². The number of carbonyl (C=O) groups is 2. The molecule has 0 aromatic heterocycles. The van der Waals surface area contributed by atoms with Gasteiger partial charge in [0.1, 0.15) is 11.6 Å². The first kappa shape index (κ1) is 15.0. The molecule has 0 aliphatic carbocycles. The maximum absolute atomic E-state index is 11.9. The van der Waals surface area contributed by atoms with Crippen LogP contribution < -0.4 is 0 Å². The van der Waals surface area contributed by atoms with E-state index in [1.54, 1.807) is 20.8 Å². The molecule has 0 aromatic rings. The van der Waals surface area contributed by atoms with Crippen molar-refractivity contribution in [3.05, 3.63) is 12.7 Å². The minimum absolute atomic E-state index is 0.158. The summed E-state index contributed by atoms with van der Waals surface area (Å²) in [5.74, 6) is -0.296. The summed E-state index contributed by atoms with van der Waals surface area (Å²) in [4.78, 5) is 26.3.